The van der Waals surface area contributed by atoms with Crippen molar-refractivity contribution in [3.63, 3.8) is 0 Å². The highest BCUT2D eigenvalue weighted by Crippen LogP contribution is 2.59. The number of nitrogens with zero attached hydrogens (tertiary/aromatic N) is 9. The number of rotatable bonds is 45. The minimum absolute atomic E-state index is 0.00631. The minimum atomic E-state index is -4.66. The number of thiol groups is 1. The summed E-state index contributed by atoms with van der Waals surface area (Å²) >= 11 is 31.2. The van der Waals surface area contributed by atoms with Gasteiger partial charge in [-0.2, -0.15) is 15.0 Å². The minimum Gasteiger partial charge on any atom is -0.394 e. The molecular weight excluding hydrogens is 1850 g/mol. The Kier molecular flexibility index (Phi) is 34.4. The van der Waals surface area contributed by atoms with Crippen molar-refractivity contribution in [1.29, 1.82) is 0 Å². The van der Waals surface area contributed by atoms with E-state index in [0.29, 0.717) is 19.6 Å². The van der Waals surface area contributed by atoms with Gasteiger partial charge in [-0.25, -0.2) is 24.2 Å². The van der Waals surface area contributed by atoms with Gasteiger partial charge in [0.1, 0.15) is 73.0 Å². The highest BCUT2D eigenvalue weighted by atomic mass is 79.9. The molecule has 0 aliphatic carbocycles. The monoisotopic (exact) mass is 1940 g/mol. The number of amides is 1. The van der Waals surface area contributed by atoms with Crippen LogP contribution in [0.2, 0.25) is 0 Å². The summed E-state index contributed by atoms with van der Waals surface area (Å²) in [5.41, 5.74) is 14.0. The van der Waals surface area contributed by atoms with Gasteiger partial charge in [0.25, 0.3) is 16.7 Å². The Hall–Kier alpha value is -5.15. The Morgan fingerprint density at radius 1 is 0.620 bits per heavy atom. The highest BCUT2D eigenvalue weighted by Gasteiger charge is 2.54. The topological polar surface area (TPSA) is 612 Å². The zero-order chi connectivity index (χ0) is 87.4. The van der Waals surface area contributed by atoms with E-state index in [1.54, 1.807) is 0 Å². The average Bonchev–Trinajstić information content (AvgIpc) is 1.63. The van der Waals surface area contributed by atoms with E-state index in [1.165, 1.54) is 67.3 Å². The Morgan fingerprint density at radius 2 is 1.18 bits per heavy atom. The largest absolute Gasteiger partial charge is 0.394 e. The first-order valence-corrected chi connectivity index (χ1v) is 49.7. The van der Waals surface area contributed by atoms with E-state index in [4.69, 9.17) is 170 Å². The van der Waals surface area contributed by atoms with Gasteiger partial charge >= 0.3 is 42.9 Å². The quantitative estimate of drug-likeness (QED) is 0.0133. The lowest BCUT2D eigenvalue weighted by Gasteiger charge is -2.30. The maximum Gasteiger partial charge on any atom is 0.351 e. The molecule has 47 nitrogen and oxygen atoms in total. The number of H-pyrrole nitrogens is 3. The zero-order valence-corrected chi connectivity index (χ0v) is 74.6. The van der Waals surface area contributed by atoms with Crippen LogP contribution in [0.15, 0.2) is 81.3 Å². The van der Waals surface area contributed by atoms with Gasteiger partial charge in [0, 0.05) is 82.8 Å². The van der Waals surface area contributed by atoms with E-state index in [1.807, 2.05) is 13.8 Å². The highest BCUT2D eigenvalue weighted by molar-refractivity contribution is 9.10. The van der Waals surface area contributed by atoms with Crippen LogP contribution in [0.25, 0.3) is 11.2 Å². The summed E-state index contributed by atoms with van der Waals surface area (Å²) in [5, 5.41) is 13.2. The van der Waals surface area contributed by atoms with E-state index < -0.39 is 190 Å². The van der Waals surface area contributed by atoms with Gasteiger partial charge in [0.05, 0.1) is 115 Å². The van der Waals surface area contributed by atoms with Crippen molar-refractivity contribution in [2.24, 2.45) is 23.5 Å². The third-order valence-electron chi connectivity index (χ3n) is 19.7. The molecule has 1 amide bonds. The van der Waals surface area contributed by atoms with E-state index in [-0.39, 0.29) is 135 Å². The zero-order valence-electron chi connectivity index (χ0n) is 65.3. The Balaban J connectivity index is 0.802. The maximum atomic E-state index is 13.6. The fourth-order valence-corrected chi connectivity index (χ4v) is 20.6. The maximum absolute atomic E-state index is 13.6. The molecule has 11 heterocycles. The third-order valence-corrected chi connectivity index (χ3v) is 28.0. The molecule has 0 saturated carbocycles. The predicted octanol–water partition coefficient (Wildman–Crippen LogP) is -0.298. The number of aliphatic hydroxyl groups excluding tert-OH is 1. The number of methoxy groups -OCH3 is 2. The molecule has 21 atom stereocenters. The molecule has 121 heavy (non-hydrogen) atoms. The summed E-state index contributed by atoms with van der Waals surface area (Å²) < 4.78 is 123. The molecule has 5 saturated heterocycles. The van der Waals surface area contributed by atoms with Gasteiger partial charge in [0.15, 0.2) is 23.6 Å². The van der Waals surface area contributed by atoms with Gasteiger partial charge in [0.2, 0.25) is 17.5 Å². The number of halogens is 1. The van der Waals surface area contributed by atoms with Crippen molar-refractivity contribution in [3.8, 4) is 0 Å². The number of nitrogen functional groups attached to an aromatic ring is 3. The number of carbonyl (C=O) groups excluding carboxylic acids is 1. The van der Waals surface area contributed by atoms with Crippen LogP contribution < -0.4 is 67.7 Å². The first-order chi connectivity index (χ1) is 57.5. The summed E-state index contributed by atoms with van der Waals surface area (Å²) in [5.74, 6) is -1.64. The molecule has 5 aliphatic heterocycles. The number of nitrogens with one attached hydrogen (secondary N) is 4. The van der Waals surface area contributed by atoms with Crippen LogP contribution >= 0.6 is 54.0 Å². The first kappa shape index (κ1) is 96.5. The normalized spacial score (nSPS) is 27.6. The van der Waals surface area contributed by atoms with Gasteiger partial charge < -0.3 is 122 Å². The average molecular weight is 1950 g/mol. The second-order valence-electron chi connectivity index (χ2n) is 28.1. The number of hydrogen-bond acceptors (Lipinski definition) is 40. The van der Waals surface area contributed by atoms with E-state index in [9.17, 15) is 53.2 Å². The van der Waals surface area contributed by atoms with Crippen LogP contribution in [0.1, 0.15) is 76.2 Å². The number of carbonyl (C=O) groups is 1. The summed E-state index contributed by atoms with van der Waals surface area (Å²) in [7, 11) is 2.45. The lowest BCUT2D eigenvalue weighted by molar-refractivity contribution is -0.122. The van der Waals surface area contributed by atoms with Crippen molar-refractivity contribution >= 4 is 136 Å². The van der Waals surface area contributed by atoms with E-state index in [2.05, 4.69) is 56.1 Å². The molecule has 0 bridgehead atoms. The third kappa shape index (κ3) is 25.2. The number of fused-ring (bicyclic) bond motifs is 1. The SMILES string of the molecule is CO[C@H]1C(OP(O)(=S)OC[C@H]2O[C@@H](n3cnc4c(=O)[nH]c(N)nc43)CC2COP(=S)(S)OC[C@H]2O[C@@H](n3cc(C)c(=O)[nH]c3=O)CC2OP(=S)(OCCOCCOCCNC(=O)CCOCCN)OC[C@H]2O[C@@H](n3ccc(N)nc3=O)CC2C(C)C)[C@@H](COP(O)(=S)OC2[C@@H](CO)O[C@@H](n3cc(Br)c(=O)[nH]c3=O)[C@H]2OC)O[C@H]1n1ccc(N)nc1=O. The molecule has 672 valence electrons. The summed E-state index contributed by atoms with van der Waals surface area (Å²) in [6.07, 6.45) is -11.7. The lowest BCUT2D eigenvalue weighted by atomic mass is 9.89. The molecule has 6 aromatic heterocycles. The van der Waals surface area contributed by atoms with E-state index in [0.717, 1.165) is 19.9 Å². The molecule has 9 unspecified atom stereocenters. The second-order valence-corrected chi connectivity index (χ2v) is 42.8. The lowest BCUT2D eigenvalue weighted by Crippen LogP contribution is -2.40. The summed E-state index contributed by atoms with van der Waals surface area (Å²) in [6.45, 7) is -9.63. The van der Waals surface area contributed by atoms with Crippen LogP contribution in [-0.4, -0.2) is 253 Å². The van der Waals surface area contributed by atoms with Crippen LogP contribution in [0.5, 0.6) is 0 Å². The van der Waals surface area contributed by atoms with Crippen molar-refractivity contribution in [1.82, 2.24) is 63.0 Å². The van der Waals surface area contributed by atoms with Gasteiger partial charge in [-0.3, -0.25) is 66.0 Å². The van der Waals surface area contributed by atoms with Crippen molar-refractivity contribution < 1.29 is 108 Å². The predicted molar refractivity (Wildman–Crippen MR) is 447 cm³/mol. The van der Waals surface area contributed by atoms with Crippen molar-refractivity contribution in [2.75, 3.05) is 130 Å². The number of hydrogen-bond donors (Lipinski definition) is 12. The fraction of sp³-hybridized carbons (Fsp3) is 0.656. The summed E-state index contributed by atoms with van der Waals surface area (Å²) in [6, 6.07) is 2.76. The molecule has 11 rings (SSSR count). The Morgan fingerprint density at radius 3 is 1.84 bits per heavy atom. The molecular formula is C64H94BrN17O30P4S5. The number of aliphatic hydroxyl groups is 1. The number of aromatic nitrogens is 12. The van der Waals surface area contributed by atoms with Crippen LogP contribution in [0, 0.1) is 24.7 Å². The van der Waals surface area contributed by atoms with Gasteiger partial charge in [-0.1, -0.05) is 26.1 Å². The number of anilines is 3. The molecule has 0 radical (unpaired) electrons. The van der Waals surface area contributed by atoms with Crippen LogP contribution in [0.3, 0.4) is 0 Å². The van der Waals surface area contributed by atoms with Gasteiger partial charge in [-0.15, -0.1) is 0 Å². The Bertz CT molecular complexity index is 5230. The standard InChI is InChI=1S/C64H94BrN17O30P4S5/c1-32(2)35-21-47(78-11-6-43(67)72-61(78)88)106-40(35)28-102-115(119,99-19-18-98-17-16-97-15-10-70-45(84)8-13-96-14-9-66)110-37-22-48(80-23-33(3)55(85)76-63(80)90)107-41(37)29-104-116(120,121)103-26-34-20-46(82-31-71-49-54(82)74-60(69)75-57(49)87)105-39(34)27-100-113(92,117)112-51-42(109-58(53(51)95-5)79-12-7-44(68)73-62(79)89)30-101-114(93,118)111-50-38(25-83)108-59(52(50)94-4)81-24-36(65)56(86)77-64(81)91/h6-7,11-12,23-24,31-32,34-35,37-42,46-48,50-53,58-59,83H,8-10,13-22,25-30,66H2,1-5H3,(H,70,84)(H,92,117)(H,93,118)(H,120,121)(H2,67,72,88)(H2,68,73,89)(H,76,85,90)(H,77,86,91)(H3,69,74,75,87)/t34?,35?,37?,38-,39-,40-,41-,42-,46-,47-,48-,50?,51?,52+,53+,58-,59-,113?,114?,115?/m1/s1. The molecule has 6 aromatic rings. The van der Waals surface area contributed by atoms with Gasteiger partial charge in [-0.05, 0) is 100 Å². The first-order valence-electron chi connectivity index (χ1n) is 37.4. The number of imidazole rings is 1. The second kappa shape index (κ2) is 43.1. The molecule has 15 N–H and O–H groups in total. The van der Waals surface area contributed by atoms with Crippen molar-refractivity contribution in [3.05, 3.63) is 126 Å². The van der Waals surface area contributed by atoms with E-state index >= 15 is 0 Å². The Labute approximate surface area is 721 Å². The van der Waals surface area contributed by atoms with Crippen molar-refractivity contribution in [2.45, 2.75) is 139 Å². The number of nitrogens with two attached hydrogens (primary N) is 4. The molecule has 5 fully saturated rings. The number of aryl methyl sites for hydroxylation is 1. The smallest absolute Gasteiger partial charge is 0.351 e. The number of ether oxygens (including phenoxy) is 10. The van der Waals surface area contributed by atoms with Crippen LogP contribution in [0.4, 0.5) is 17.6 Å². The molecule has 0 aromatic carbocycles. The molecule has 0 spiro atoms. The number of aromatic amines is 3. The van der Waals surface area contributed by atoms with Crippen LogP contribution in [-0.2, 0) is 140 Å². The molecule has 5 aliphatic rings. The summed E-state index contributed by atoms with van der Waals surface area (Å²) in [4.78, 5) is 150. The molecule has 57 heteroatoms. The fourth-order valence-electron chi connectivity index (χ4n) is 13.8.